The molecule has 1 atom stereocenters. The predicted octanol–water partition coefficient (Wildman–Crippen LogP) is 7.56. The van der Waals surface area contributed by atoms with Crippen molar-refractivity contribution in [3.8, 4) is 28.5 Å². The first-order chi connectivity index (χ1) is 17.2. The maximum absolute atomic E-state index is 13.4. The Hall–Kier alpha value is -4.07. The number of hydrogen-bond acceptors (Lipinski definition) is 4. The number of aromatic hydroxyl groups is 1. The summed E-state index contributed by atoms with van der Waals surface area (Å²) in [5.74, 6) is -0.826. The average Bonchev–Trinajstić information content (AvgIpc) is 3.27. The number of nitrogens with one attached hydrogen (secondary N) is 1. The van der Waals surface area contributed by atoms with Crippen molar-refractivity contribution in [2.75, 3.05) is 5.32 Å². The highest BCUT2D eigenvalue weighted by Gasteiger charge is 2.31. The number of aromatic nitrogens is 1. The summed E-state index contributed by atoms with van der Waals surface area (Å²) in [6, 6.07) is 18.6. The summed E-state index contributed by atoms with van der Waals surface area (Å²) < 4.78 is 45.1. The Labute approximate surface area is 206 Å². The first kappa shape index (κ1) is 25.0. The number of phenols is 1. The highest BCUT2D eigenvalue weighted by Crippen LogP contribution is 2.37. The molecule has 1 heterocycles. The number of anilines is 1. The molecule has 4 aromatic rings. The molecule has 186 valence electrons. The van der Waals surface area contributed by atoms with E-state index in [0.29, 0.717) is 29.5 Å². The first-order valence-corrected chi connectivity index (χ1v) is 11.5. The molecule has 1 amide bonds. The highest BCUT2D eigenvalue weighted by atomic mass is 19.4. The molecule has 5 nitrogen and oxygen atoms in total. The van der Waals surface area contributed by atoms with Crippen LogP contribution in [0.2, 0.25) is 0 Å². The van der Waals surface area contributed by atoms with Crippen LogP contribution in [0.3, 0.4) is 0 Å². The minimum Gasteiger partial charge on any atom is -0.508 e. The van der Waals surface area contributed by atoms with E-state index in [1.54, 1.807) is 36.4 Å². The third kappa shape index (κ3) is 5.43. The molecule has 0 aliphatic rings. The van der Waals surface area contributed by atoms with E-state index in [2.05, 4.69) is 10.3 Å². The van der Waals surface area contributed by atoms with E-state index in [-0.39, 0.29) is 23.2 Å². The van der Waals surface area contributed by atoms with Gasteiger partial charge in [0.25, 0.3) is 0 Å². The lowest BCUT2D eigenvalue weighted by Crippen LogP contribution is -2.21. The van der Waals surface area contributed by atoms with Gasteiger partial charge < -0.3 is 9.52 Å². The van der Waals surface area contributed by atoms with Gasteiger partial charge in [-0.15, -0.1) is 0 Å². The standard InChI is InChI=1S/C28H25F3N2O3/c1-3-7-22(21-15-10-17(2)16-23(21)34)25(35)33-27-24(18-11-13-20(14-12-18)28(29,30)31)32-26(36-27)19-8-5-4-6-9-19/h4-6,8-16,22,34H,3,7H2,1-2H3,(H,33,35). The Kier molecular flexibility index (Phi) is 7.15. The Morgan fingerprint density at radius 1 is 1.03 bits per heavy atom. The van der Waals surface area contributed by atoms with Gasteiger partial charge in [0, 0.05) is 16.7 Å². The van der Waals surface area contributed by atoms with Crippen LogP contribution in [0.5, 0.6) is 5.75 Å². The number of carbonyl (C=O) groups excluding carboxylic acids is 1. The summed E-state index contributed by atoms with van der Waals surface area (Å²) in [7, 11) is 0. The summed E-state index contributed by atoms with van der Waals surface area (Å²) in [5, 5.41) is 13.2. The predicted molar refractivity (Wildman–Crippen MR) is 131 cm³/mol. The molecular formula is C28H25F3N2O3. The number of alkyl halides is 3. The van der Waals surface area contributed by atoms with E-state index in [4.69, 9.17) is 4.42 Å². The van der Waals surface area contributed by atoms with Crippen LogP contribution in [-0.2, 0) is 11.0 Å². The summed E-state index contributed by atoms with van der Waals surface area (Å²) >= 11 is 0. The maximum atomic E-state index is 13.4. The zero-order valence-electron chi connectivity index (χ0n) is 19.8. The number of halogens is 3. The van der Waals surface area contributed by atoms with E-state index in [1.165, 1.54) is 12.1 Å². The highest BCUT2D eigenvalue weighted by molar-refractivity contribution is 5.98. The lowest BCUT2D eigenvalue weighted by Gasteiger charge is -2.17. The van der Waals surface area contributed by atoms with Gasteiger partial charge in [-0.3, -0.25) is 10.1 Å². The molecule has 0 fully saturated rings. The van der Waals surface area contributed by atoms with Gasteiger partial charge in [-0.1, -0.05) is 55.8 Å². The van der Waals surface area contributed by atoms with Gasteiger partial charge in [0.05, 0.1) is 11.5 Å². The van der Waals surface area contributed by atoms with Gasteiger partial charge in [0.2, 0.25) is 17.7 Å². The van der Waals surface area contributed by atoms with Gasteiger partial charge in [-0.05, 0) is 49.2 Å². The molecule has 1 unspecified atom stereocenters. The van der Waals surface area contributed by atoms with Crippen LogP contribution < -0.4 is 5.32 Å². The summed E-state index contributed by atoms with van der Waals surface area (Å²) in [4.78, 5) is 17.9. The third-order valence-corrected chi connectivity index (χ3v) is 5.83. The average molecular weight is 495 g/mol. The van der Waals surface area contributed by atoms with E-state index in [9.17, 15) is 23.1 Å². The molecule has 0 spiro atoms. The van der Waals surface area contributed by atoms with Gasteiger partial charge in [0.15, 0.2) is 0 Å². The van der Waals surface area contributed by atoms with Crippen LogP contribution in [0, 0.1) is 6.92 Å². The molecule has 0 saturated heterocycles. The second-order valence-corrected chi connectivity index (χ2v) is 8.53. The number of carbonyl (C=O) groups is 1. The van der Waals surface area contributed by atoms with E-state index in [0.717, 1.165) is 17.7 Å². The zero-order chi connectivity index (χ0) is 25.9. The van der Waals surface area contributed by atoms with Crippen LogP contribution in [0.15, 0.2) is 77.2 Å². The molecule has 0 radical (unpaired) electrons. The second-order valence-electron chi connectivity index (χ2n) is 8.53. The third-order valence-electron chi connectivity index (χ3n) is 5.83. The van der Waals surface area contributed by atoms with Crippen molar-refractivity contribution in [1.29, 1.82) is 0 Å². The fraction of sp³-hybridized carbons (Fsp3) is 0.214. The van der Waals surface area contributed by atoms with Gasteiger partial charge >= 0.3 is 6.18 Å². The molecule has 0 saturated carbocycles. The van der Waals surface area contributed by atoms with Crippen molar-refractivity contribution in [3.63, 3.8) is 0 Å². The number of oxazole rings is 1. The minimum absolute atomic E-state index is 0.0197. The zero-order valence-corrected chi connectivity index (χ0v) is 19.8. The van der Waals surface area contributed by atoms with Crippen molar-refractivity contribution in [3.05, 3.63) is 89.5 Å². The fourth-order valence-electron chi connectivity index (χ4n) is 3.99. The molecule has 8 heteroatoms. The molecule has 3 aromatic carbocycles. The number of rotatable bonds is 7. The van der Waals surface area contributed by atoms with E-state index in [1.807, 2.05) is 26.0 Å². The Bertz CT molecular complexity index is 1350. The fourth-order valence-corrected chi connectivity index (χ4v) is 3.99. The number of amides is 1. The van der Waals surface area contributed by atoms with E-state index >= 15 is 0 Å². The quantitative estimate of drug-likeness (QED) is 0.278. The van der Waals surface area contributed by atoms with Crippen molar-refractivity contribution in [2.24, 2.45) is 0 Å². The molecule has 2 N–H and O–H groups in total. The molecule has 0 aliphatic carbocycles. The molecular weight excluding hydrogens is 469 g/mol. The Balaban J connectivity index is 1.73. The topological polar surface area (TPSA) is 75.4 Å². The first-order valence-electron chi connectivity index (χ1n) is 11.5. The molecule has 36 heavy (non-hydrogen) atoms. The largest absolute Gasteiger partial charge is 0.508 e. The summed E-state index contributed by atoms with van der Waals surface area (Å²) in [6.07, 6.45) is -3.32. The van der Waals surface area contributed by atoms with Crippen molar-refractivity contribution < 1.29 is 27.5 Å². The molecule has 4 rings (SSSR count). The lowest BCUT2D eigenvalue weighted by atomic mass is 9.92. The monoisotopic (exact) mass is 494 g/mol. The Morgan fingerprint density at radius 3 is 2.33 bits per heavy atom. The summed E-state index contributed by atoms with van der Waals surface area (Å²) in [5.41, 5.74) is 1.76. The molecule has 0 bridgehead atoms. The Morgan fingerprint density at radius 2 is 1.72 bits per heavy atom. The smallest absolute Gasteiger partial charge is 0.416 e. The van der Waals surface area contributed by atoms with Gasteiger partial charge in [-0.2, -0.15) is 13.2 Å². The van der Waals surface area contributed by atoms with Crippen LogP contribution in [0.1, 0.15) is 42.4 Å². The number of aryl methyl sites for hydroxylation is 1. The number of phenolic OH excluding ortho intramolecular Hbond substituents is 1. The molecule has 0 aliphatic heterocycles. The van der Waals surface area contributed by atoms with Crippen LogP contribution >= 0.6 is 0 Å². The minimum atomic E-state index is -4.47. The number of benzene rings is 3. The van der Waals surface area contributed by atoms with Crippen molar-refractivity contribution in [2.45, 2.75) is 38.8 Å². The van der Waals surface area contributed by atoms with Crippen molar-refractivity contribution in [1.82, 2.24) is 4.98 Å². The van der Waals surface area contributed by atoms with Crippen molar-refractivity contribution >= 4 is 11.8 Å². The normalized spacial score (nSPS) is 12.4. The molecule has 1 aromatic heterocycles. The lowest BCUT2D eigenvalue weighted by molar-refractivity contribution is -0.137. The van der Waals surface area contributed by atoms with E-state index < -0.39 is 23.6 Å². The van der Waals surface area contributed by atoms with Crippen LogP contribution in [-0.4, -0.2) is 16.0 Å². The summed E-state index contributed by atoms with van der Waals surface area (Å²) in [6.45, 7) is 3.77. The van der Waals surface area contributed by atoms with Gasteiger partial charge in [0.1, 0.15) is 11.4 Å². The number of nitrogens with zero attached hydrogens (tertiary/aromatic N) is 1. The SMILES string of the molecule is CCCC(C(=O)Nc1oc(-c2ccccc2)nc1-c1ccc(C(F)(F)F)cc1)c1ccc(C)cc1O. The van der Waals surface area contributed by atoms with Crippen LogP contribution in [0.25, 0.3) is 22.7 Å². The van der Waals surface area contributed by atoms with Gasteiger partial charge in [-0.25, -0.2) is 4.98 Å². The maximum Gasteiger partial charge on any atom is 0.416 e. The second kappa shape index (κ2) is 10.3. The number of hydrogen-bond donors (Lipinski definition) is 2. The van der Waals surface area contributed by atoms with Crippen LogP contribution in [0.4, 0.5) is 19.1 Å².